The highest BCUT2D eigenvalue weighted by molar-refractivity contribution is 5.48. The van der Waals surface area contributed by atoms with E-state index in [1.807, 2.05) is 50.2 Å². The van der Waals surface area contributed by atoms with Gasteiger partial charge in [-0.1, -0.05) is 65.8 Å². The van der Waals surface area contributed by atoms with Crippen LogP contribution in [0.2, 0.25) is 0 Å². The van der Waals surface area contributed by atoms with Crippen LogP contribution in [0.5, 0.6) is 5.75 Å². The van der Waals surface area contributed by atoms with Gasteiger partial charge in [-0.15, -0.1) is 0 Å². The zero-order valence-corrected chi connectivity index (χ0v) is 21.5. The van der Waals surface area contributed by atoms with Crippen LogP contribution in [0, 0.1) is 13.8 Å². The van der Waals surface area contributed by atoms with Crippen molar-refractivity contribution in [3.63, 3.8) is 0 Å². The summed E-state index contributed by atoms with van der Waals surface area (Å²) in [5.41, 5.74) is 6.66. The lowest BCUT2D eigenvalue weighted by atomic mass is 9.79. The molecule has 3 aromatic rings. The Morgan fingerprint density at radius 1 is 0.727 bits per heavy atom. The molecule has 4 heteroatoms. The number of aromatic nitrogens is 2. The van der Waals surface area contributed by atoms with Crippen LogP contribution in [-0.2, 0) is 35.6 Å². The lowest BCUT2D eigenvalue weighted by molar-refractivity contribution is 0.233. The third kappa shape index (κ3) is 6.64. The van der Waals surface area contributed by atoms with Crippen LogP contribution >= 0.6 is 0 Å². The molecule has 0 saturated heterocycles. The molecule has 2 heterocycles. The van der Waals surface area contributed by atoms with E-state index in [9.17, 15) is 5.11 Å². The predicted molar refractivity (Wildman–Crippen MR) is 135 cm³/mol. The van der Waals surface area contributed by atoms with E-state index in [0.29, 0.717) is 19.6 Å². The molecule has 0 bridgehead atoms. The number of hydrogen-bond donors (Lipinski definition) is 0. The quantitative estimate of drug-likeness (QED) is 0.410. The lowest BCUT2D eigenvalue weighted by Crippen LogP contribution is -2.25. The van der Waals surface area contributed by atoms with Crippen molar-refractivity contribution >= 4 is 0 Å². The molecule has 0 saturated carbocycles. The molecule has 0 atom stereocenters. The van der Waals surface area contributed by atoms with Gasteiger partial charge in [0.15, 0.2) is 5.75 Å². The minimum Gasteiger partial charge on any atom is -0.289 e. The first kappa shape index (κ1) is 24.9. The molecule has 33 heavy (non-hydrogen) atoms. The molecule has 0 amide bonds. The van der Waals surface area contributed by atoms with Crippen LogP contribution in [0.15, 0.2) is 48.5 Å². The van der Waals surface area contributed by atoms with Gasteiger partial charge in [0.2, 0.25) is 0 Å². The molecule has 1 aromatic carbocycles. The van der Waals surface area contributed by atoms with E-state index in [2.05, 4.69) is 58.6 Å². The van der Waals surface area contributed by atoms with Crippen molar-refractivity contribution in [2.24, 2.45) is 0 Å². The molecule has 2 aromatic heterocycles. The second-order valence-electron chi connectivity index (χ2n) is 11.2. The van der Waals surface area contributed by atoms with Gasteiger partial charge in [-0.2, -0.15) is 0 Å². The Morgan fingerprint density at radius 3 is 1.67 bits per heavy atom. The van der Waals surface area contributed by atoms with E-state index >= 15 is 0 Å². The van der Waals surface area contributed by atoms with Gasteiger partial charge in [-0.3, -0.25) is 20.0 Å². The summed E-state index contributed by atoms with van der Waals surface area (Å²) in [6, 6.07) is 16.4. The fraction of sp³-hybridized carbons (Fsp3) is 0.448. The standard InChI is InChI=1S/C29H38N3O/c1-20-11-9-13-24(30-20)18-32(19-25-14-10-12-21(2)31-25)17-22-15-23(28(3,4)5)16-26(27(22)33)29(6,7)8/h9-16H,17-19H2,1-8H3. The Morgan fingerprint density at radius 2 is 1.24 bits per heavy atom. The maximum absolute atomic E-state index is 13.6. The molecule has 3 rings (SSSR count). The minimum atomic E-state index is -0.214. The molecule has 0 N–H and O–H groups in total. The van der Waals surface area contributed by atoms with Gasteiger partial charge in [0.1, 0.15) is 0 Å². The molecule has 0 unspecified atom stereocenters. The Bertz CT molecular complexity index is 1060. The van der Waals surface area contributed by atoms with Crippen LogP contribution < -0.4 is 0 Å². The van der Waals surface area contributed by atoms with Crippen LogP contribution in [0.4, 0.5) is 0 Å². The summed E-state index contributed by atoms with van der Waals surface area (Å²) in [6.45, 7) is 18.8. The summed E-state index contributed by atoms with van der Waals surface area (Å²) in [5, 5.41) is 13.6. The molecular weight excluding hydrogens is 406 g/mol. The van der Waals surface area contributed by atoms with E-state index in [1.165, 1.54) is 5.56 Å². The molecule has 1 radical (unpaired) electrons. The van der Waals surface area contributed by atoms with Gasteiger partial charge in [0.25, 0.3) is 0 Å². The zero-order valence-electron chi connectivity index (χ0n) is 21.5. The van der Waals surface area contributed by atoms with E-state index in [1.54, 1.807) is 0 Å². The summed E-state index contributed by atoms with van der Waals surface area (Å²) >= 11 is 0. The third-order valence-corrected chi connectivity index (χ3v) is 5.90. The number of hydrogen-bond acceptors (Lipinski definition) is 3. The number of rotatable bonds is 6. The Kier molecular flexibility index (Phi) is 7.28. The summed E-state index contributed by atoms with van der Waals surface area (Å²) in [7, 11) is 0. The molecule has 4 nitrogen and oxygen atoms in total. The number of aryl methyl sites for hydroxylation is 2. The van der Waals surface area contributed by atoms with Gasteiger partial charge in [-0.25, -0.2) is 0 Å². The van der Waals surface area contributed by atoms with Crippen molar-refractivity contribution in [1.29, 1.82) is 0 Å². The van der Waals surface area contributed by atoms with Crippen molar-refractivity contribution in [2.45, 2.75) is 85.9 Å². The molecule has 0 aliphatic rings. The SMILES string of the molecule is Cc1cccc(CN(Cc2cccc(C)n2)Cc2cc(C(C)(C)C)cc(C(C)(C)C)c2[O])n1. The van der Waals surface area contributed by atoms with Crippen LogP contribution in [-0.4, -0.2) is 14.9 Å². The van der Waals surface area contributed by atoms with Gasteiger partial charge < -0.3 is 0 Å². The average molecular weight is 445 g/mol. The van der Waals surface area contributed by atoms with Crippen molar-refractivity contribution in [1.82, 2.24) is 14.9 Å². The first-order valence-corrected chi connectivity index (χ1v) is 11.8. The fourth-order valence-corrected chi connectivity index (χ4v) is 4.04. The van der Waals surface area contributed by atoms with Crippen LogP contribution in [0.1, 0.15) is 81.0 Å². The largest absolute Gasteiger partial charge is 0.289 e. The Labute approximate surface area is 199 Å². The lowest BCUT2D eigenvalue weighted by Gasteiger charge is -2.28. The fourth-order valence-electron chi connectivity index (χ4n) is 4.04. The topological polar surface area (TPSA) is 48.9 Å². The molecular formula is C29H38N3O. The van der Waals surface area contributed by atoms with Crippen molar-refractivity contribution in [3.05, 3.63) is 88.0 Å². The number of benzene rings is 1. The van der Waals surface area contributed by atoms with Crippen LogP contribution in [0.3, 0.4) is 0 Å². The summed E-state index contributed by atoms with van der Waals surface area (Å²) in [5.74, 6) is 0.148. The van der Waals surface area contributed by atoms with E-state index < -0.39 is 0 Å². The minimum absolute atomic E-state index is 0.0382. The number of nitrogens with zero attached hydrogens (tertiary/aromatic N) is 3. The highest BCUT2D eigenvalue weighted by Crippen LogP contribution is 2.38. The first-order chi connectivity index (χ1) is 15.3. The van der Waals surface area contributed by atoms with Crippen molar-refractivity contribution < 1.29 is 5.11 Å². The maximum Gasteiger partial charge on any atom is 0.186 e. The Balaban J connectivity index is 2.03. The van der Waals surface area contributed by atoms with E-state index in [-0.39, 0.29) is 16.6 Å². The van der Waals surface area contributed by atoms with Gasteiger partial charge >= 0.3 is 0 Å². The molecule has 0 aliphatic carbocycles. The molecule has 0 aliphatic heterocycles. The van der Waals surface area contributed by atoms with E-state index in [0.717, 1.165) is 33.9 Å². The summed E-state index contributed by atoms with van der Waals surface area (Å²) < 4.78 is 0. The maximum atomic E-state index is 13.6. The normalized spacial score (nSPS) is 12.4. The molecule has 0 spiro atoms. The Hall–Kier alpha value is -2.72. The van der Waals surface area contributed by atoms with E-state index in [4.69, 9.17) is 9.97 Å². The summed E-state index contributed by atoms with van der Waals surface area (Å²) in [4.78, 5) is 11.7. The second-order valence-corrected chi connectivity index (χ2v) is 11.2. The molecule has 0 fully saturated rings. The van der Waals surface area contributed by atoms with Gasteiger partial charge in [0.05, 0.1) is 11.4 Å². The highest BCUT2D eigenvalue weighted by atomic mass is 16.3. The van der Waals surface area contributed by atoms with Crippen LogP contribution in [0.25, 0.3) is 0 Å². The van der Waals surface area contributed by atoms with Crippen molar-refractivity contribution in [3.8, 4) is 5.75 Å². The number of pyridine rings is 2. The van der Waals surface area contributed by atoms with Gasteiger partial charge in [0, 0.05) is 42.1 Å². The zero-order chi connectivity index (χ0) is 24.4. The second kappa shape index (κ2) is 9.64. The predicted octanol–water partition coefficient (Wildman–Crippen LogP) is 7.03. The third-order valence-electron chi connectivity index (χ3n) is 5.90. The smallest absolute Gasteiger partial charge is 0.186 e. The monoisotopic (exact) mass is 444 g/mol. The summed E-state index contributed by atoms with van der Waals surface area (Å²) in [6.07, 6.45) is 0. The van der Waals surface area contributed by atoms with Crippen molar-refractivity contribution in [2.75, 3.05) is 0 Å². The first-order valence-electron chi connectivity index (χ1n) is 11.8. The molecule has 175 valence electrons. The van der Waals surface area contributed by atoms with Gasteiger partial charge in [-0.05, 0) is 54.5 Å². The average Bonchev–Trinajstić information content (AvgIpc) is 2.67. The highest BCUT2D eigenvalue weighted by Gasteiger charge is 2.27.